The van der Waals surface area contributed by atoms with Gasteiger partial charge in [0, 0.05) is 16.2 Å². The van der Waals surface area contributed by atoms with Crippen LogP contribution >= 0.6 is 22.9 Å². The van der Waals surface area contributed by atoms with Crippen LogP contribution in [0.1, 0.15) is 9.67 Å². The summed E-state index contributed by atoms with van der Waals surface area (Å²) in [4.78, 5) is 12.6. The molecule has 2 aromatic carbocycles. The van der Waals surface area contributed by atoms with Crippen LogP contribution in [-0.4, -0.2) is 12.8 Å². The molecule has 0 saturated heterocycles. The zero-order valence-corrected chi connectivity index (χ0v) is 13.0. The molecule has 0 fully saturated rings. The molecule has 1 aliphatic rings. The minimum atomic E-state index is -0.601. The Balaban J connectivity index is 1.65. The van der Waals surface area contributed by atoms with Gasteiger partial charge in [-0.1, -0.05) is 11.6 Å². The maximum Gasteiger partial charge on any atom is 0.355 e. The van der Waals surface area contributed by atoms with Crippen LogP contribution in [0.4, 0.5) is 4.39 Å². The summed E-state index contributed by atoms with van der Waals surface area (Å²) in [6, 6.07) is 9.01. The van der Waals surface area contributed by atoms with Crippen molar-refractivity contribution < 1.29 is 23.4 Å². The van der Waals surface area contributed by atoms with E-state index in [9.17, 15) is 9.18 Å². The van der Waals surface area contributed by atoms with Crippen LogP contribution in [0.3, 0.4) is 0 Å². The van der Waals surface area contributed by atoms with Gasteiger partial charge in [0.15, 0.2) is 11.5 Å². The van der Waals surface area contributed by atoms with Crippen molar-refractivity contribution in [3.63, 3.8) is 0 Å². The molecule has 7 heteroatoms. The van der Waals surface area contributed by atoms with E-state index in [1.807, 2.05) is 0 Å². The van der Waals surface area contributed by atoms with Gasteiger partial charge in [-0.2, -0.15) is 0 Å². The van der Waals surface area contributed by atoms with E-state index in [-0.39, 0.29) is 22.5 Å². The van der Waals surface area contributed by atoms with Crippen LogP contribution in [0.2, 0.25) is 5.02 Å². The normalized spacial score (nSPS) is 12.6. The van der Waals surface area contributed by atoms with Crippen molar-refractivity contribution in [2.75, 3.05) is 6.79 Å². The molecular formula is C16H8ClFO4S. The lowest BCUT2D eigenvalue weighted by atomic mass is 10.2. The lowest BCUT2D eigenvalue weighted by Gasteiger charge is -2.04. The predicted molar refractivity (Wildman–Crippen MR) is 84.3 cm³/mol. The van der Waals surface area contributed by atoms with E-state index < -0.39 is 5.97 Å². The van der Waals surface area contributed by atoms with Crippen molar-refractivity contribution in [1.29, 1.82) is 0 Å². The Bertz CT molecular complexity index is 937. The van der Waals surface area contributed by atoms with Gasteiger partial charge in [-0.15, -0.1) is 11.3 Å². The molecular weight excluding hydrogens is 343 g/mol. The highest BCUT2D eigenvalue weighted by atomic mass is 35.5. The fourth-order valence-corrected chi connectivity index (χ4v) is 3.67. The zero-order valence-electron chi connectivity index (χ0n) is 11.5. The maximum absolute atomic E-state index is 13.3. The summed E-state index contributed by atoms with van der Waals surface area (Å²) in [5.41, 5.74) is 0. The van der Waals surface area contributed by atoms with Crippen molar-refractivity contribution in [3.05, 3.63) is 52.1 Å². The van der Waals surface area contributed by atoms with Crippen molar-refractivity contribution in [1.82, 2.24) is 0 Å². The Labute approximate surface area is 139 Å². The molecule has 4 nitrogen and oxygen atoms in total. The summed E-state index contributed by atoms with van der Waals surface area (Å²) < 4.78 is 29.6. The molecule has 0 N–H and O–H groups in total. The molecule has 0 atom stereocenters. The number of esters is 1. The average Bonchev–Trinajstić information content (AvgIpc) is 3.11. The SMILES string of the molecule is O=C(Oc1ccc2c(c1)OCO2)c1sc2cc(F)ccc2c1Cl. The maximum atomic E-state index is 13.3. The fraction of sp³-hybridized carbons (Fsp3) is 0.0625. The fourth-order valence-electron chi connectivity index (χ4n) is 2.26. The molecule has 1 aromatic heterocycles. The minimum Gasteiger partial charge on any atom is -0.454 e. The van der Waals surface area contributed by atoms with Gasteiger partial charge in [0.25, 0.3) is 0 Å². The number of hydrogen-bond acceptors (Lipinski definition) is 5. The molecule has 0 spiro atoms. The van der Waals surface area contributed by atoms with E-state index in [0.29, 0.717) is 27.3 Å². The van der Waals surface area contributed by atoms with Crippen molar-refractivity contribution in [2.45, 2.75) is 0 Å². The summed E-state index contributed by atoms with van der Waals surface area (Å²) in [6.07, 6.45) is 0. The molecule has 2 heterocycles. The van der Waals surface area contributed by atoms with E-state index in [1.165, 1.54) is 12.1 Å². The van der Waals surface area contributed by atoms with E-state index >= 15 is 0 Å². The number of fused-ring (bicyclic) bond motifs is 2. The predicted octanol–water partition coefficient (Wildman–Crippen LogP) is 4.64. The van der Waals surface area contributed by atoms with Crippen molar-refractivity contribution in [2.24, 2.45) is 0 Å². The molecule has 4 rings (SSSR count). The first kappa shape index (κ1) is 14.3. The standard InChI is InChI=1S/C16H8ClFO4S/c17-14-10-3-1-8(18)5-13(10)23-15(14)16(19)22-9-2-4-11-12(6-9)21-7-20-11/h1-6H,7H2. The second-order valence-electron chi connectivity index (χ2n) is 4.79. The first-order chi connectivity index (χ1) is 11.1. The van der Waals surface area contributed by atoms with E-state index in [1.54, 1.807) is 24.3 Å². The van der Waals surface area contributed by atoms with Gasteiger partial charge >= 0.3 is 5.97 Å². The second-order valence-corrected chi connectivity index (χ2v) is 6.22. The van der Waals surface area contributed by atoms with Gasteiger partial charge in [-0.25, -0.2) is 9.18 Å². The third-order valence-electron chi connectivity index (χ3n) is 3.33. The molecule has 0 radical (unpaired) electrons. The number of ether oxygens (including phenoxy) is 3. The van der Waals surface area contributed by atoms with Gasteiger partial charge in [0.2, 0.25) is 6.79 Å². The quantitative estimate of drug-likeness (QED) is 0.499. The van der Waals surface area contributed by atoms with Crippen LogP contribution in [0, 0.1) is 5.82 Å². The van der Waals surface area contributed by atoms with Crippen LogP contribution in [0.15, 0.2) is 36.4 Å². The molecule has 3 aromatic rings. The van der Waals surface area contributed by atoms with Crippen LogP contribution in [0.25, 0.3) is 10.1 Å². The highest BCUT2D eigenvalue weighted by Crippen LogP contribution is 2.38. The van der Waals surface area contributed by atoms with Crippen LogP contribution in [-0.2, 0) is 0 Å². The van der Waals surface area contributed by atoms with Gasteiger partial charge in [-0.3, -0.25) is 0 Å². The van der Waals surface area contributed by atoms with Crippen molar-refractivity contribution >= 4 is 39.0 Å². The monoisotopic (exact) mass is 350 g/mol. The molecule has 0 bridgehead atoms. The number of carbonyl (C=O) groups excluding carboxylic acids is 1. The minimum absolute atomic E-state index is 0.139. The highest BCUT2D eigenvalue weighted by molar-refractivity contribution is 7.21. The molecule has 0 saturated carbocycles. The van der Waals surface area contributed by atoms with E-state index in [4.69, 9.17) is 25.8 Å². The van der Waals surface area contributed by atoms with Gasteiger partial charge in [0.05, 0.1) is 5.02 Å². The molecule has 0 aliphatic carbocycles. The third-order valence-corrected chi connectivity index (χ3v) is 4.97. The topological polar surface area (TPSA) is 44.8 Å². The molecule has 116 valence electrons. The van der Waals surface area contributed by atoms with Crippen molar-refractivity contribution in [3.8, 4) is 17.2 Å². The Hall–Kier alpha value is -2.31. The third kappa shape index (κ3) is 2.50. The Morgan fingerprint density at radius 3 is 2.87 bits per heavy atom. The van der Waals surface area contributed by atoms with E-state index in [2.05, 4.69) is 0 Å². The van der Waals surface area contributed by atoms with Crippen LogP contribution in [0.5, 0.6) is 17.2 Å². The number of hydrogen-bond donors (Lipinski definition) is 0. The number of carbonyl (C=O) groups is 1. The number of thiophene rings is 1. The summed E-state index contributed by atoms with van der Waals surface area (Å²) in [5, 5.41) is 0.881. The lowest BCUT2D eigenvalue weighted by molar-refractivity contribution is 0.0740. The largest absolute Gasteiger partial charge is 0.454 e. The smallest absolute Gasteiger partial charge is 0.355 e. The van der Waals surface area contributed by atoms with Crippen LogP contribution < -0.4 is 14.2 Å². The summed E-state index contributed by atoms with van der Waals surface area (Å²) in [6.45, 7) is 0.139. The summed E-state index contributed by atoms with van der Waals surface area (Å²) in [5.74, 6) is 0.445. The Kier molecular flexibility index (Phi) is 3.36. The molecule has 1 aliphatic heterocycles. The first-order valence-corrected chi connectivity index (χ1v) is 7.80. The molecule has 0 unspecified atom stereocenters. The average molecular weight is 351 g/mol. The van der Waals surface area contributed by atoms with Gasteiger partial charge in [-0.05, 0) is 30.3 Å². The van der Waals surface area contributed by atoms with E-state index in [0.717, 1.165) is 11.3 Å². The lowest BCUT2D eigenvalue weighted by Crippen LogP contribution is -2.06. The first-order valence-electron chi connectivity index (χ1n) is 6.61. The Morgan fingerprint density at radius 2 is 2.00 bits per heavy atom. The van der Waals surface area contributed by atoms with Gasteiger partial charge < -0.3 is 14.2 Å². The second kappa shape index (κ2) is 5.40. The number of halogens is 2. The summed E-state index contributed by atoms with van der Waals surface area (Å²) in [7, 11) is 0. The zero-order chi connectivity index (χ0) is 16.0. The summed E-state index contributed by atoms with van der Waals surface area (Å²) >= 11 is 7.30. The number of benzene rings is 2. The number of rotatable bonds is 2. The Morgan fingerprint density at radius 1 is 1.17 bits per heavy atom. The van der Waals surface area contributed by atoms with Gasteiger partial charge in [0.1, 0.15) is 16.4 Å². The highest BCUT2D eigenvalue weighted by Gasteiger charge is 2.21. The molecule has 23 heavy (non-hydrogen) atoms. The molecule has 0 amide bonds.